The fourth-order valence-electron chi connectivity index (χ4n) is 1.37. The number of nitrogens with two attached hydrogens (primary N) is 2. The standard InChI is InChI=1S/C11H15FN4OS/c1-2-16(9-5-3-8(12)4-6-9)10(17)7-18-11(13)15-14/h3-6H,2,7,14H2,1H3,(H2,13,15). The summed E-state index contributed by atoms with van der Waals surface area (Å²) in [7, 11) is 0. The fraction of sp³-hybridized carbons (Fsp3) is 0.273. The Morgan fingerprint density at radius 3 is 2.56 bits per heavy atom. The molecule has 7 heteroatoms. The van der Waals surface area contributed by atoms with E-state index in [1.54, 1.807) is 12.1 Å². The van der Waals surface area contributed by atoms with Crippen LogP contribution in [0.1, 0.15) is 6.92 Å². The molecule has 5 nitrogen and oxygen atoms in total. The van der Waals surface area contributed by atoms with Crippen LogP contribution in [0.2, 0.25) is 0 Å². The average molecular weight is 270 g/mol. The van der Waals surface area contributed by atoms with E-state index in [9.17, 15) is 9.18 Å². The van der Waals surface area contributed by atoms with Crippen molar-refractivity contribution in [3.05, 3.63) is 30.1 Å². The van der Waals surface area contributed by atoms with E-state index in [2.05, 4.69) is 5.10 Å². The average Bonchev–Trinajstić information content (AvgIpc) is 2.39. The van der Waals surface area contributed by atoms with Crippen molar-refractivity contribution < 1.29 is 9.18 Å². The van der Waals surface area contributed by atoms with Crippen molar-refractivity contribution in [2.45, 2.75) is 6.92 Å². The normalized spacial score (nSPS) is 11.3. The lowest BCUT2D eigenvalue weighted by atomic mass is 10.3. The lowest BCUT2D eigenvalue weighted by Gasteiger charge is -2.20. The van der Waals surface area contributed by atoms with Crippen LogP contribution in [-0.4, -0.2) is 23.4 Å². The van der Waals surface area contributed by atoms with Gasteiger partial charge >= 0.3 is 0 Å². The number of halogens is 1. The van der Waals surface area contributed by atoms with E-state index >= 15 is 0 Å². The Labute approximate surface area is 109 Å². The van der Waals surface area contributed by atoms with Crippen molar-refractivity contribution in [3.8, 4) is 0 Å². The first kappa shape index (κ1) is 14.3. The molecule has 0 heterocycles. The van der Waals surface area contributed by atoms with Gasteiger partial charge < -0.3 is 16.5 Å². The zero-order chi connectivity index (χ0) is 13.5. The van der Waals surface area contributed by atoms with Gasteiger partial charge in [-0.3, -0.25) is 4.79 Å². The van der Waals surface area contributed by atoms with Gasteiger partial charge in [-0.05, 0) is 31.2 Å². The SMILES string of the molecule is CCN(C(=O)CSC(N)=NN)c1ccc(F)cc1. The molecule has 1 rings (SSSR count). The van der Waals surface area contributed by atoms with Gasteiger partial charge in [0.1, 0.15) is 5.82 Å². The molecule has 98 valence electrons. The molecule has 0 saturated heterocycles. The Morgan fingerprint density at radius 1 is 1.44 bits per heavy atom. The highest BCUT2D eigenvalue weighted by atomic mass is 32.2. The van der Waals surface area contributed by atoms with Crippen molar-refractivity contribution in [3.63, 3.8) is 0 Å². The summed E-state index contributed by atoms with van der Waals surface area (Å²) in [5.41, 5.74) is 6.04. The molecule has 0 unspecified atom stereocenters. The maximum atomic E-state index is 12.8. The summed E-state index contributed by atoms with van der Waals surface area (Å²) in [6.07, 6.45) is 0. The number of thioether (sulfide) groups is 1. The maximum Gasteiger partial charge on any atom is 0.237 e. The highest BCUT2D eigenvalue weighted by Gasteiger charge is 2.14. The molecule has 0 atom stereocenters. The lowest BCUT2D eigenvalue weighted by Crippen LogP contribution is -2.32. The van der Waals surface area contributed by atoms with Gasteiger partial charge in [0.05, 0.1) is 5.75 Å². The minimum atomic E-state index is -0.337. The quantitative estimate of drug-likeness (QED) is 0.371. The fourth-order valence-corrected chi connectivity index (χ4v) is 1.88. The van der Waals surface area contributed by atoms with Gasteiger partial charge in [0.2, 0.25) is 5.91 Å². The van der Waals surface area contributed by atoms with Crippen LogP contribution in [0.4, 0.5) is 10.1 Å². The van der Waals surface area contributed by atoms with Crippen molar-refractivity contribution >= 4 is 28.5 Å². The minimum Gasteiger partial charge on any atom is -0.377 e. The summed E-state index contributed by atoms with van der Waals surface area (Å²) in [5.74, 6) is 4.63. The molecule has 1 amide bonds. The monoisotopic (exact) mass is 270 g/mol. The van der Waals surface area contributed by atoms with Crippen LogP contribution in [-0.2, 0) is 4.79 Å². The number of amidine groups is 1. The van der Waals surface area contributed by atoms with Crippen LogP contribution in [0.15, 0.2) is 29.4 Å². The van der Waals surface area contributed by atoms with Crippen LogP contribution in [0.25, 0.3) is 0 Å². The van der Waals surface area contributed by atoms with Gasteiger partial charge in [-0.15, -0.1) is 0 Å². The predicted octanol–water partition coefficient (Wildman–Crippen LogP) is 1.10. The first-order chi connectivity index (χ1) is 8.58. The van der Waals surface area contributed by atoms with Crippen LogP contribution in [0.3, 0.4) is 0 Å². The number of rotatable bonds is 4. The van der Waals surface area contributed by atoms with E-state index in [0.29, 0.717) is 12.2 Å². The van der Waals surface area contributed by atoms with Crippen molar-refractivity contribution in [1.82, 2.24) is 0 Å². The number of amides is 1. The van der Waals surface area contributed by atoms with Crippen LogP contribution in [0.5, 0.6) is 0 Å². The van der Waals surface area contributed by atoms with Crippen LogP contribution < -0.4 is 16.5 Å². The van der Waals surface area contributed by atoms with E-state index in [1.807, 2.05) is 6.92 Å². The highest BCUT2D eigenvalue weighted by Crippen LogP contribution is 2.16. The third-order valence-corrected chi connectivity index (χ3v) is 3.02. The van der Waals surface area contributed by atoms with Gasteiger partial charge in [-0.25, -0.2) is 4.39 Å². The smallest absolute Gasteiger partial charge is 0.237 e. The molecule has 1 aromatic rings. The summed E-state index contributed by atoms with van der Waals surface area (Å²) in [6.45, 7) is 2.33. The summed E-state index contributed by atoms with van der Waals surface area (Å²) in [6, 6.07) is 5.74. The molecule has 0 bridgehead atoms. The lowest BCUT2D eigenvalue weighted by molar-refractivity contribution is -0.116. The van der Waals surface area contributed by atoms with Crippen LogP contribution in [0, 0.1) is 5.82 Å². The summed E-state index contributed by atoms with van der Waals surface area (Å²) in [4.78, 5) is 13.5. The van der Waals surface area contributed by atoms with E-state index in [-0.39, 0.29) is 22.6 Å². The van der Waals surface area contributed by atoms with Gasteiger partial charge in [0, 0.05) is 12.2 Å². The number of hydrogen-bond donors (Lipinski definition) is 2. The largest absolute Gasteiger partial charge is 0.377 e. The molecule has 0 aliphatic carbocycles. The zero-order valence-corrected chi connectivity index (χ0v) is 10.8. The highest BCUT2D eigenvalue weighted by molar-refractivity contribution is 8.14. The van der Waals surface area contributed by atoms with Crippen molar-refractivity contribution in [2.75, 3.05) is 17.2 Å². The van der Waals surface area contributed by atoms with Gasteiger partial charge in [0.15, 0.2) is 5.17 Å². The molecule has 0 saturated carbocycles. The topological polar surface area (TPSA) is 84.7 Å². The molecule has 0 spiro atoms. The number of benzene rings is 1. The first-order valence-corrected chi connectivity index (χ1v) is 6.29. The molecular formula is C11H15FN4OS. The van der Waals surface area contributed by atoms with Gasteiger partial charge in [0.25, 0.3) is 0 Å². The molecule has 18 heavy (non-hydrogen) atoms. The number of anilines is 1. The summed E-state index contributed by atoms with van der Waals surface area (Å²) < 4.78 is 12.8. The van der Waals surface area contributed by atoms with E-state index in [0.717, 1.165) is 11.8 Å². The molecule has 0 aliphatic heterocycles. The molecule has 0 radical (unpaired) electrons. The van der Waals surface area contributed by atoms with E-state index < -0.39 is 0 Å². The van der Waals surface area contributed by atoms with Gasteiger partial charge in [-0.1, -0.05) is 11.8 Å². The summed E-state index contributed by atoms with van der Waals surface area (Å²) in [5, 5.41) is 3.42. The van der Waals surface area contributed by atoms with E-state index in [4.69, 9.17) is 11.6 Å². The Morgan fingerprint density at radius 2 is 2.06 bits per heavy atom. The number of hydrazone groups is 1. The second kappa shape index (κ2) is 6.85. The molecule has 0 aromatic heterocycles. The number of hydrogen-bond acceptors (Lipinski definition) is 4. The molecule has 4 N–H and O–H groups in total. The van der Waals surface area contributed by atoms with Crippen molar-refractivity contribution in [1.29, 1.82) is 0 Å². The second-order valence-electron chi connectivity index (χ2n) is 3.37. The van der Waals surface area contributed by atoms with Crippen molar-refractivity contribution in [2.24, 2.45) is 16.7 Å². The molecule has 0 aliphatic rings. The third kappa shape index (κ3) is 3.92. The molecule has 0 fully saturated rings. The Hall–Kier alpha value is -1.76. The first-order valence-electron chi connectivity index (χ1n) is 5.30. The number of carbonyl (C=O) groups is 1. The molecule has 1 aromatic carbocycles. The Bertz CT molecular complexity index is 435. The Kier molecular flexibility index (Phi) is 5.44. The van der Waals surface area contributed by atoms with Crippen LogP contribution >= 0.6 is 11.8 Å². The predicted molar refractivity (Wildman–Crippen MR) is 72.7 cm³/mol. The summed E-state index contributed by atoms with van der Waals surface area (Å²) >= 11 is 1.06. The molecular weight excluding hydrogens is 255 g/mol. The number of carbonyl (C=O) groups excluding carboxylic acids is 1. The van der Waals surface area contributed by atoms with E-state index in [1.165, 1.54) is 17.0 Å². The third-order valence-electron chi connectivity index (χ3n) is 2.23. The second-order valence-corrected chi connectivity index (χ2v) is 4.37. The zero-order valence-electron chi connectivity index (χ0n) is 9.97. The number of nitrogens with zero attached hydrogens (tertiary/aromatic N) is 2. The Balaban J connectivity index is 2.71. The van der Waals surface area contributed by atoms with Gasteiger partial charge in [-0.2, -0.15) is 5.10 Å². The minimum absolute atomic E-state index is 0.137. The maximum absolute atomic E-state index is 12.8.